The van der Waals surface area contributed by atoms with Gasteiger partial charge in [-0.05, 0) is 72.0 Å². The predicted octanol–water partition coefficient (Wildman–Crippen LogP) is 3.40. The Labute approximate surface area is 182 Å². The number of hydrogen-bond donors (Lipinski definition) is 1. The molecule has 3 fully saturated rings. The van der Waals surface area contributed by atoms with Gasteiger partial charge in [0.25, 0.3) is 0 Å². The van der Waals surface area contributed by atoms with Crippen LogP contribution >= 0.6 is 54.5 Å². The summed E-state index contributed by atoms with van der Waals surface area (Å²) in [5.41, 5.74) is 0.655. The second-order valence-electron chi connectivity index (χ2n) is 7.22. The average molecular weight is 596 g/mol. The molecule has 1 saturated heterocycles. The highest BCUT2D eigenvalue weighted by molar-refractivity contribution is 14.1. The zero-order valence-corrected chi connectivity index (χ0v) is 19.2. The van der Waals surface area contributed by atoms with Gasteiger partial charge in [0.05, 0.1) is 11.8 Å². The molecule has 8 heteroatoms. The fourth-order valence-corrected chi connectivity index (χ4v) is 6.88. The van der Waals surface area contributed by atoms with Crippen LogP contribution in [0, 0.1) is 27.2 Å². The number of alkyl halides is 2. The fourth-order valence-electron chi connectivity index (χ4n) is 4.65. The second kappa shape index (κ2) is 6.84. The zero-order valence-electron chi connectivity index (χ0n) is 13.9. The molecule has 26 heavy (non-hydrogen) atoms. The van der Waals surface area contributed by atoms with Crippen LogP contribution in [0.4, 0.5) is 5.69 Å². The number of carbonyl (C=O) groups is 3. The highest BCUT2D eigenvalue weighted by Gasteiger charge is 2.67. The number of hydrogen-bond acceptors (Lipinski definition) is 3. The summed E-state index contributed by atoms with van der Waals surface area (Å²) < 4.78 is 1.07. The standard InChI is InChI=1S/C18H17Br2IN2O3/c1-7(16(24)22-9-4-2-8(21)3-5-9)23-17(25)12-10-6-11(13(12)18(23)26)15(20)14(10)19/h2-5,7,10-15H,6H2,1H3,(H,22,24)/t7-,10+,11+,12+,13+,14-,15+/m1/s1. The van der Waals surface area contributed by atoms with Crippen LogP contribution in [0.1, 0.15) is 13.3 Å². The van der Waals surface area contributed by atoms with Gasteiger partial charge in [-0.1, -0.05) is 31.9 Å². The van der Waals surface area contributed by atoms with Crippen molar-refractivity contribution in [2.45, 2.75) is 29.0 Å². The zero-order chi connectivity index (χ0) is 18.7. The maximum atomic E-state index is 13.0. The molecule has 0 spiro atoms. The molecule has 3 amide bonds. The lowest BCUT2D eigenvalue weighted by atomic mass is 9.81. The van der Waals surface area contributed by atoms with Crippen LogP contribution in [0.25, 0.3) is 0 Å². The average Bonchev–Trinajstić information content (AvgIpc) is 3.21. The van der Waals surface area contributed by atoms with Crippen molar-refractivity contribution in [3.8, 4) is 0 Å². The summed E-state index contributed by atoms with van der Waals surface area (Å²) in [5.74, 6) is -1.00. The fraction of sp³-hybridized carbons (Fsp3) is 0.500. The molecule has 2 bridgehead atoms. The van der Waals surface area contributed by atoms with Gasteiger partial charge in [0.15, 0.2) is 0 Å². The molecule has 0 radical (unpaired) electrons. The van der Waals surface area contributed by atoms with Crippen molar-refractivity contribution in [1.82, 2.24) is 4.90 Å². The van der Waals surface area contributed by atoms with Crippen LogP contribution in [0.5, 0.6) is 0 Å². The van der Waals surface area contributed by atoms with Crippen molar-refractivity contribution in [1.29, 1.82) is 0 Å². The topological polar surface area (TPSA) is 66.5 Å². The summed E-state index contributed by atoms with van der Waals surface area (Å²) >= 11 is 9.53. The van der Waals surface area contributed by atoms with Gasteiger partial charge in [-0.25, -0.2) is 0 Å². The monoisotopic (exact) mass is 594 g/mol. The summed E-state index contributed by atoms with van der Waals surface area (Å²) in [6, 6.07) is 6.57. The lowest BCUT2D eigenvalue weighted by Crippen LogP contribution is -2.46. The minimum absolute atomic E-state index is 0.155. The molecule has 1 heterocycles. The largest absolute Gasteiger partial charge is 0.324 e. The van der Waals surface area contributed by atoms with E-state index in [1.165, 1.54) is 4.90 Å². The maximum Gasteiger partial charge on any atom is 0.247 e. The molecule has 2 aliphatic carbocycles. The van der Waals surface area contributed by atoms with Gasteiger partial charge in [0.2, 0.25) is 17.7 Å². The molecule has 0 unspecified atom stereocenters. The summed E-state index contributed by atoms with van der Waals surface area (Å²) in [5, 5.41) is 2.80. The van der Waals surface area contributed by atoms with Crippen LogP contribution in [0.15, 0.2) is 24.3 Å². The van der Waals surface area contributed by atoms with Crippen LogP contribution < -0.4 is 5.32 Å². The maximum absolute atomic E-state index is 13.0. The number of rotatable bonds is 3. The molecule has 4 rings (SSSR count). The molecule has 1 aromatic rings. The van der Waals surface area contributed by atoms with E-state index < -0.39 is 6.04 Å². The first-order chi connectivity index (χ1) is 12.3. The van der Waals surface area contributed by atoms with E-state index in [-0.39, 0.29) is 51.0 Å². The predicted molar refractivity (Wildman–Crippen MR) is 113 cm³/mol. The number of fused-ring (bicyclic) bond motifs is 5. The minimum Gasteiger partial charge on any atom is -0.324 e. The first-order valence-corrected chi connectivity index (χ1v) is 11.4. The highest BCUT2D eigenvalue weighted by atomic mass is 127. The van der Waals surface area contributed by atoms with Crippen molar-refractivity contribution in [3.05, 3.63) is 27.8 Å². The number of nitrogens with one attached hydrogen (secondary N) is 1. The Bertz CT molecular complexity index is 755. The Balaban J connectivity index is 1.53. The highest BCUT2D eigenvalue weighted by Crippen LogP contribution is 2.60. The molecular weight excluding hydrogens is 579 g/mol. The van der Waals surface area contributed by atoms with E-state index in [4.69, 9.17) is 0 Å². The number of carbonyl (C=O) groups excluding carboxylic acids is 3. The van der Waals surface area contributed by atoms with Gasteiger partial charge < -0.3 is 5.32 Å². The minimum atomic E-state index is -0.818. The van der Waals surface area contributed by atoms with Crippen LogP contribution in [-0.2, 0) is 14.4 Å². The quantitative estimate of drug-likeness (QED) is 0.331. The van der Waals surface area contributed by atoms with Crippen LogP contribution in [-0.4, -0.2) is 38.3 Å². The SMILES string of the molecule is C[C@H](C(=O)Nc1ccc(I)cc1)N1C(=O)[C@H]2[C@@H]3C[C@H]([C@@H](Br)[C@H]3Br)[C@@H]2C1=O. The smallest absolute Gasteiger partial charge is 0.247 e. The summed E-state index contributed by atoms with van der Waals surface area (Å²) in [6.45, 7) is 1.62. The Morgan fingerprint density at radius 2 is 1.62 bits per heavy atom. The van der Waals surface area contributed by atoms with Crippen molar-refractivity contribution in [3.63, 3.8) is 0 Å². The Morgan fingerprint density at radius 1 is 1.12 bits per heavy atom. The van der Waals surface area contributed by atoms with E-state index in [1.807, 2.05) is 12.1 Å². The van der Waals surface area contributed by atoms with E-state index in [9.17, 15) is 14.4 Å². The molecule has 1 aliphatic heterocycles. The molecule has 5 nitrogen and oxygen atoms in total. The van der Waals surface area contributed by atoms with E-state index in [0.29, 0.717) is 5.69 Å². The Hall–Kier alpha value is -0.480. The van der Waals surface area contributed by atoms with Crippen LogP contribution in [0.2, 0.25) is 0 Å². The van der Waals surface area contributed by atoms with E-state index in [1.54, 1.807) is 19.1 Å². The Morgan fingerprint density at radius 3 is 2.12 bits per heavy atom. The number of imide groups is 1. The molecule has 0 aromatic heterocycles. The normalized spacial score (nSPS) is 36.4. The van der Waals surface area contributed by atoms with Gasteiger partial charge in [-0.15, -0.1) is 0 Å². The molecule has 2 saturated carbocycles. The van der Waals surface area contributed by atoms with Gasteiger partial charge in [-0.2, -0.15) is 0 Å². The summed E-state index contributed by atoms with van der Waals surface area (Å²) in [6.07, 6.45) is 0.885. The first-order valence-electron chi connectivity index (χ1n) is 8.52. The molecule has 7 atom stereocenters. The van der Waals surface area contributed by atoms with Crippen molar-refractivity contribution in [2.75, 3.05) is 5.32 Å². The van der Waals surface area contributed by atoms with Crippen molar-refractivity contribution in [2.24, 2.45) is 23.7 Å². The summed E-state index contributed by atoms with van der Waals surface area (Å²) in [4.78, 5) is 40.2. The number of amides is 3. The molecule has 1 N–H and O–H groups in total. The lowest BCUT2D eigenvalue weighted by Gasteiger charge is -2.28. The first kappa shape index (κ1) is 18.9. The molecular formula is C18H17Br2IN2O3. The number of benzene rings is 1. The third-order valence-corrected chi connectivity index (χ3v) is 9.83. The molecule has 138 valence electrons. The van der Waals surface area contributed by atoms with E-state index >= 15 is 0 Å². The van der Waals surface area contributed by atoms with Crippen LogP contribution in [0.3, 0.4) is 0 Å². The van der Waals surface area contributed by atoms with Gasteiger partial charge in [0, 0.05) is 18.9 Å². The third-order valence-electron chi connectivity index (χ3n) is 5.90. The van der Waals surface area contributed by atoms with Gasteiger partial charge in [-0.3, -0.25) is 19.3 Å². The molecule has 1 aromatic carbocycles. The van der Waals surface area contributed by atoms with Gasteiger partial charge >= 0.3 is 0 Å². The van der Waals surface area contributed by atoms with Gasteiger partial charge in [0.1, 0.15) is 6.04 Å². The number of anilines is 1. The molecule has 3 aliphatic rings. The third kappa shape index (κ3) is 2.78. The lowest BCUT2D eigenvalue weighted by molar-refractivity contribution is -0.146. The second-order valence-corrected chi connectivity index (χ2v) is 10.6. The Kier molecular flexibility index (Phi) is 4.97. The van der Waals surface area contributed by atoms with E-state index in [0.717, 1.165) is 9.99 Å². The number of halogens is 3. The number of nitrogens with zero attached hydrogens (tertiary/aromatic N) is 1. The summed E-state index contributed by atoms with van der Waals surface area (Å²) in [7, 11) is 0. The van der Waals surface area contributed by atoms with E-state index in [2.05, 4.69) is 59.8 Å². The van der Waals surface area contributed by atoms with Crippen molar-refractivity contribution < 1.29 is 14.4 Å². The van der Waals surface area contributed by atoms with Crippen molar-refractivity contribution >= 4 is 77.9 Å². The number of likely N-dealkylation sites (tertiary alicyclic amines) is 1.